The van der Waals surface area contributed by atoms with Gasteiger partial charge in [-0.15, -0.1) is 0 Å². The van der Waals surface area contributed by atoms with Gasteiger partial charge in [0.05, 0.1) is 5.69 Å². The zero-order valence-corrected chi connectivity index (χ0v) is 13.5. The van der Waals surface area contributed by atoms with Crippen LogP contribution in [0.15, 0.2) is 72.8 Å². The van der Waals surface area contributed by atoms with Gasteiger partial charge in [0.2, 0.25) is 5.91 Å². The molecule has 0 aliphatic rings. The molecular weight excluding hydrogens is 316 g/mol. The second-order valence-corrected chi connectivity index (χ2v) is 5.46. The molecule has 0 heterocycles. The van der Waals surface area contributed by atoms with Crippen LogP contribution in [0.25, 0.3) is 0 Å². The Hall–Kier alpha value is -3.47. The van der Waals surface area contributed by atoms with E-state index in [4.69, 9.17) is 20.9 Å². The van der Waals surface area contributed by atoms with Gasteiger partial charge in [0, 0.05) is 5.56 Å². The Balaban J connectivity index is 1.63. The first kappa shape index (κ1) is 16.4. The third-order valence-electron chi connectivity index (χ3n) is 3.59. The highest BCUT2D eigenvalue weighted by atomic mass is 16.5. The van der Waals surface area contributed by atoms with Gasteiger partial charge in [0.15, 0.2) is 0 Å². The molecule has 0 unspecified atom stereocenters. The van der Waals surface area contributed by atoms with E-state index < -0.39 is 5.91 Å². The van der Waals surface area contributed by atoms with Crippen LogP contribution in [-0.4, -0.2) is 5.91 Å². The van der Waals surface area contributed by atoms with Crippen LogP contribution in [0, 0.1) is 0 Å². The molecule has 0 aromatic heterocycles. The highest BCUT2D eigenvalue weighted by Gasteiger charge is 2.07. The minimum Gasteiger partial charge on any atom is -0.489 e. The summed E-state index contributed by atoms with van der Waals surface area (Å²) < 4.78 is 11.5. The van der Waals surface area contributed by atoms with Gasteiger partial charge in [0.1, 0.15) is 23.9 Å². The summed E-state index contributed by atoms with van der Waals surface area (Å²) in [6, 6.07) is 21.9. The summed E-state index contributed by atoms with van der Waals surface area (Å²) in [5.74, 6) is 1.29. The van der Waals surface area contributed by atoms with Crippen molar-refractivity contribution in [1.29, 1.82) is 0 Å². The number of anilines is 1. The number of hydrogen-bond acceptors (Lipinski definition) is 4. The lowest BCUT2D eigenvalue weighted by atomic mass is 10.2. The van der Waals surface area contributed by atoms with Gasteiger partial charge in [-0.3, -0.25) is 4.79 Å². The number of benzene rings is 3. The van der Waals surface area contributed by atoms with Crippen molar-refractivity contribution in [1.82, 2.24) is 0 Å². The van der Waals surface area contributed by atoms with Gasteiger partial charge < -0.3 is 20.9 Å². The molecule has 0 fully saturated rings. The van der Waals surface area contributed by atoms with Crippen molar-refractivity contribution in [3.05, 3.63) is 83.9 Å². The second-order valence-electron chi connectivity index (χ2n) is 5.46. The topological polar surface area (TPSA) is 87.6 Å². The van der Waals surface area contributed by atoms with E-state index in [1.807, 2.05) is 42.5 Å². The van der Waals surface area contributed by atoms with E-state index in [1.54, 1.807) is 24.3 Å². The standard InChI is InChI=1S/C20H18N2O3/c21-18-12-15(20(22)23)6-11-19(18)25-17-9-7-16(8-10-17)24-13-14-4-2-1-3-5-14/h1-12H,13,21H2,(H2,22,23). The first-order valence-corrected chi connectivity index (χ1v) is 7.76. The van der Waals surface area contributed by atoms with Crippen LogP contribution < -0.4 is 20.9 Å². The van der Waals surface area contributed by atoms with Crippen LogP contribution in [0.2, 0.25) is 0 Å². The molecule has 0 atom stereocenters. The molecule has 0 radical (unpaired) electrons. The summed E-state index contributed by atoms with van der Waals surface area (Å²) in [6.07, 6.45) is 0. The van der Waals surface area contributed by atoms with Crippen molar-refractivity contribution >= 4 is 11.6 Å². The molecular formula is C20H18N2O3. The minimum atomic E-state index is -0.529. The molecule has 0 saturated heterocycles. The Morgan fingerprint density at radius 1 is 0.880 bits per heavy atom. The fourth-order valence-corrected chi connectivity index (χ4v) is 2.27. The summed E-state index contributed by atoms with van der Waals surface area (Å²) in [7, 11) is 0. The smallest absolute Gasteiger partial charge is 0.248 e. The number of carbonyl (C=O) groups is 1. The maximum absolute atomic E-state index is 11.1. The van der Waals surface area contributed by atoms with Crippen molar-refractivity contribution < 1.29 is 14.3 Å². The number of nitrogens with two attached hydrogens (primary N) is 2. The molecule has 0 aliphatic carbocycles. The van der Waals surface area contributed by atoms with Crippen LogP contribution >= 0.6 is 0 Å². The third kappa shape index (κ3) is 4.29. The molecule has 3 aromatic rings. The predicted molar refractivity (Wildman–Crippen MR) is 96.7 cm³/mol. The molecule has 1 amide bonds. The van der Waals surface area contributed by atoms with E-state index in [2.05, 4.69) is 0 Å². The van der Waals surface area contributed by atoms with Gasteiger partial charge in [-0.05, 0) is 48.0 Å². The molecule has 3 rings (SSSR count). The van der Waals surface area contributed by atoms with E-state index in [-0.39, 0.29) is 0 Å². The number of ether oxygens (including phenoxy) is 2. The maximum atomic E-state index is 11.1. The summed E-state index contributed by atoms with van der Waals surface area (Å²) >= 11 is 0. The van der Waals surface area contributed by atoms with Crippen LogP contribution in [0.5, 0.6) is 17.2 Å². The highest BCUT2D eigenvalue weighted by Crippen LogP contribution is 2.29. The average Bonchev–Trinajstić information content (AvgIpc) is 2.63. The lowest BCUT2D eigenvalue weighted by Gasteiger charge is -2.10. The molecule has 5 nitrogen and oxygen atoms in total. The molecule has 25 heavy (non-hydrogen) atoms. The Kier molecular flexibility index (Phi) is 4.85. The number of hydrogen-bond donors (Lipinski definition) is 2. The number of rotatable bonds is 6. The van der Waals surface area contributed by atoms with Gasteiger partial charge in [-0.25, -0.2) is 0 Å². The number of amides is 1. The average molecular weight is 334 g/mol. The van der Waals surface area contributed by atoms with Crippen molar-refractivity contribution in [2.45, 2.75) is 6.61 Å². The normalized spacial score (nSPS) is 10.2. The number of nitrogen functional groups attached to an aromatic ring is 1. The maximum Gasteiger partial charge on any atom is 0.248 e. The lowest BCUT2D eigenvalue weighted by molar-refractivity contribution is 0.100. The van der Waals surface area contributed by atoms with Gasteiger partial charge in [0.25, 0.3) is 0 Å². The van der Waals surface area contributed by atoms with Crippen LogP contribution in [0.4, 0.5) is 5.69 Å². The zero-order chi connectivity index (χ0) is 17.6. The molecule has 4 N–H and O–H groups in total. The van der Waals surface area contributed by atoms with Gasteiger partial charge in [-0.1, -0.05) is 30.3 Å². The van der Waals surface area contributed by atoms with E-state index in [1.165, 1.54) is 6.07 Å². The summed E-state index contributed by atoms with van der Waals surface area (Å²) in [5.41, 5.74) is 12.9. The fraction of sp³-hybridized carbons (Fsp3) is 0.0500. The third-order valence-corrected chi connectivity index (χ3v) is 3.59. The fourth-order valence-electron chi connectivity index (χ4n) is 2.27. The van der Waals surface area contributed by atoms with Crippen LogP contribution in [0.1, 0.15) is 15.9 Å². The molecule has 0 saturated carbocycles. The van der Waals surface area contributed by atoms with Crippen molar-refractivity contribution in [3.63, 3.8) is 0 Å². The molecule has 3 aromatic carbocycles. The van der Waals surface area contributed by atoms with Crippen molar-refractivity contribution in [2.75, 3.05) is 5.73 Å². The number of primary amides is 1. The summed E-state index contributed by atoms with van der Waals surface area (Å²) in [4.78, 5) is 11.1. The van der Waals surface area contributed by atoms with Crippen LogP contribution in [0.3, 0.4) is 0 Å². The Morgan fingerprint density at radius 3 is 2.20 bits per heavy atom. The van der Waals surface area contributed by atoms with Crippen molar-refractivity contribution in [2.24, 2.45) is 5.73 Å². The summed E-state index contributed by atoms with van der Waals surface area (Å²) in [5, 5.41) is 0. The zero-order valence-electron chi connectivity index (χ0n) is 13.5. The predicted octanol–water partition coefficient (Wildman–Crippen LogP) is 3.74. The van der Waals surface area contributed by atoms with Crippen LogP contribution in [-0.2, 0) is 6.61 Å². The minimum absolute atomic E-state index is 0.342. The van der Waals surface area contributed by atoms with E-state index in [0.717, 1.165) is 11.3 Å². The van der Waals surface area contributed by atoms with E-state index in [9.17, 15) is 4.79 Å². The second kappa shape index (κ2) is 7.40. The summed E-state index contributed by atoms with van der Waals surface area (Å²) in [6.45, 7) is 0.503. The lowest BCUT2D eigenvalue weighted by Crippen LogP contribution is -2.11. The first-order valence-electron chi connectivity index (χ1n) is 7.76. The number of carbonyl (C=O) groups excluding carboxylic acids is 1. The Labute approximate surface area is 145 Å². The van der Waals surface area contributed by atoms with E-state index in [0.29, 0.717) is 29.4 Å². The SMILES string of the molecule is NC(=O)c1ccc(Oc2ccc(OCc3ccccc3)cc2)c(N)c1. The molecule has 0 bridgehead atoms. The molecule has 0 aliphatic heterocycles. The highest BCUT2D eigenvalue weighted by molar-refractivity contribution is 5.94. The largest absolute Gasteiger partial charge is 0.489 e. The van der Waals surface area contributed by atoms with Gasteiger partial charge in [-0.2, -0.15) is 0 Å². The molecule has 0 spiro atoms. The Morgan fingerprint density at radius 2 is 1.56 bits per heavy atom. The monoisotopic (exact) mass is 334 g/mol. The van der Waals surface area contributed by atoms with E-state index >= 15 is 0 Å². The van der Waals surface area contributed by atoms with Crippen molar-refractivity contribution in [3.8, 4) is 17.2 Å². The quantitative estimate of drug-likeness (QED) is 0.672. The first-order chi connectivity index (χ1) is 12.1. The molecule has 5 heteroatoms. The Bertz CT molecular complexity index is 862. The molecule has 126 valence electrons. The van der Waals surface area contributed by atoms with Gasteiger partial charge >= 0.3 is 0 Å².